The van der Waals surface area contributed by atoms with Gasteiger partial charge in [-0.2, -0.15) is 0 Å². The van der Waals surface area contributed by atoms with Gasteiger partial charge in [0, 0.05) is 19.7 Å². The van der Waals surface area contributed by atoms with Crippen LogP contribution in [0.25, 0.3) is 0 Å². The maximum atomic E-state index is 3.83. The summed E-state index contributed by atoms with van der Waals surface area (Å²) in [6.07, 6.45) is 2.90. The van der Waals surface area contributed by atoms with Crippen LogP contribution in [-0.4, -0.2) is 13.3 Å². The highest BCUT2D eigenvalue weighted by Gasteiger charge is 2.03. The molecule has 1 nitrogen and oxygen atoms in total. The predicted molar refractivity (Wildman–Crippen MR) is 30.3 cm³/mol. The zero-order chi connectivity index (χ0) is 5.11. The van der Waals surface area contributed by atoms with E-state index in [1.807, 2.05) is 6.21 Å². The molecule has 0 radical (unpaired) electrons. The topological polar surface area (TPSA) is 12.4 Å². The smallest absolute Gasteiger partial charge is 0.0660 e. The van der Waals surface area contributed by atoms with Crippen molar-refractivity contribution in [3.8, 4) is 11.8 Å². The zero-order valence-electron chi connectivity index (χ0n) is 4.31. The van der Waals surface area contributed by atoms with E-state index < -0.39 is 0 Å². The van der Waals surface area contributed by atoms with Crippen molar-refractivity contribution in [2.45, 2.75) is 6.42 Å². The molecular weight excluding hydrogens is 86.1 g/mol. The van der Waals surface area contributed by atoms with E-state index in [4.69, 9.17) is 0 Å². The minimum absolute atomic E-state index is 0.477. The Hall–Kier alpha value is -0.770. The fourth-order valence-electron chi connectivity index (χ4n) is 0.490. The maximum absolute atomic E-state index is 3.83. The van der Waals surface area contributed by atoms with E-state index in [0.29, 0.717) is 5.92 Å². The number of hydrogen-bond donors (Lipinski definition) is 0. The third kappa shape index (κ3) is 0.806. The van der Waals surface area contributed by atoms with E-state index in [1.54, 1.807) is 7.05 Å². The summed E-state index contributed by atoms with van der Waals surface area (Å²) < 4.78 is 0. The lowest BCUT2D eigenvalue weighted by molar-refractivity contribution is 0.901. The molecule has 0 bridgehead atoms. The summed E-state index contributed by atoms with van der Waals surface area (Å²) in [7, 11) is 1.78. The van der Waals surface area contributed by atoms with E-state index in [-0.39, 0.29) is 0 Å². The van der Waals surface area contributed by atoms with Crippen molar-refractivity contribution < 1.29 is 0 Å². The SMILES string of the molecule is CN=CC1C#CC1. The minimum Gasteiger partial charge on any atom is -0.300 e. The molecule has 1 heteroatoms. The normalized spacial score (nSPS) is 26.1. The first-order valence-electron chi connectivity index (χ1n) is 2.34. The Morgan fingerprint density at radius 3 is 2.71 bits per heavy atom. The van der Waals surface area contributed by atoms with Crippen LogP contribution in [0.5, 0.6) is 0 Å². The molecule has 0 aromatic carbocycles. The van der Waals surface area contributed by atoms with Gasteiger partial charge >= 0.3 is 0 Å². The number of aliphatic imine (C=N–C) groups is 1. The molecule has 0 saturated carbocycles. The van der Waals surface area contributed by atoms with Crippen molar-refractivity contribution in [2.24, 2.45) is 10.9 Å². The monoisotopic (exact) mass is 93.1 g/mol. The Morgan fingerprint density at radius 2 is 2.57 bits per heavy atom. The highest BCUT2D eigenvalue weighted by atomic mass is 14.6. The van der Waals surface area contributed by atoms with Crippen LogP contribution < -0.4 is 0 Å². The Balaban J connectivity index is 2.36. The first-order valence-corrected chi connectivity index (χ1v) is 2.34. The highest BCUT2D eigenvalue weighted by Crippen LogP contribution is 2.03. The molecule has 7 heavy (non-hydrogen) atoms. The van der Waals surface area contributed by atoms with Crippen LogP contribution in [0.4, 0.5) is 0 Å². The van der Waals surface area contributed by atoms with E-state index in [9.17, 15) is 0 Å². The summed E-state index contributed by atoms with van der Waals surface area (Å²) in [5, 5.41) is 0. The molecule has 0 N–H and O–H groups in total. The largest absolute Gasteiger partial charge is 0.300 e. The Bertz CT molecular complexity index is 136. The van der Waals surface area contributed by atoms with Crippen LogP contribution in [0.1, 0.15) is 6.42 Å². The molecule has 0 aromatic rings. The lowest BCUT2D eigenvalue weighted by atomic mass is 10.0. The van der Waals surface area contributed by atoms with Gasteiger partial charge in [-0.25, -0.2) is 0 Å². The quantitative estimate of drug-likeness (QED) is 0.334. The Morgan fingerprint density at radius 1 is 1.86 bits per heavy atom. The summed E-state index contributed by atoms with van der Waals surface area (Å²) in [6.45, 7) is 0. The summed E-state index contributed by atoms with van der Waals surface area (Å²) in [4.78, 5) is 3.83. The average molecular weight is 93.1 g/mol. The first kappa shape index (κ1) is 4.39. The summed E-state index contributed by atoms with van der Waals surface area (Å²) >= 11 is 0. The van der Waals surface area contributed by atoms with Gasteiger partial charge < -0.3 is 0 Å². The highest BCUT2D eigenvalue weighted by molar-refractivity contribution is 5.67. The molecular formula is C6H7N. The Kier molecular flexibility index (Phi) is 1.12. The summed E-state index contributed by atoms with van der Waals surface area (Å²) in [5.41, 5.74) is 0. The van der Waals surface area contributed by atoms with Crippen molar-refractivity contribution >= 4 is 6.21 Å². The van der Waals surface area contributed by atoms with Gasteiger partial charge in [-0.3, -0.25) is 4.99 Å². The first-order chi connectivity index (χ1) is 3.43. The van der Waals surface area contributed by atoms with Crippen LogP contribution in [0.3, 0.4) is 0 Å². The molecule has 1 aliphatic rings. The van der Waals surface area contributed by atoms with Crippen molar-refractivity contribution in [3.05, 3.63) is 0 Å². The lowest BCUT2D eigenvalue weighted by Gasteiger charge is -2.03. The molecule has 1 rings (SSSR count). The van der Waals surface area contributed by atoms with Gasteiger partial charge in [0.15, 0.2) is 0 Å². The van der Waals surface area contributed by atoms with Crippen molar-refractivity contribution in [3.63, 3.8) is 0 Å². The van der Waals surface area contributed by atoms with Gasteiger partial charge in [-0.15, -0.1) is 5.92 Å². The average Bonchev–Trinajstić information content (AvgIpc) is 1.55. The molecule has 1 atom stereocenters. The van der Waals surface area contributed by atoms with Crippen molar-refractivity contribution in [1.29, 1.82) is 0 Å². The second-order valence-corrected chi connectivity index (χ2v) is 1.54. The van der Waals surface area contributed by atoms with E-state index in [2.05, 4.69) is 16.8 Å². The van der Waals surface area contributed by atoms with Gasteiger partial charge in [-0.05, 0) is 0 Å². The molecule has 0 spiro atoms. The molecule has 1 aliphatic carbocycles. The molecule has 0 saturated heterocycles. The predicted octanol–water partition coefficient (Wildman–Crippen LogP) is 0.710. The molecule has 0 aliphatic heterocycles. The van der Waals surface area contributed by atoms with E-state index in [0.717, 1.165) is 6.42 Å². The van der Waals surface area contributed by atoms with Gasteiger partial charge in [0.1, 0.15) is 0 Å². The Labute approximate surface area is 43.5 Å². The summed E-state index contributed by atoms with van der Waals surface area (Å²) in [5.74, 6) is 6.33. The zero-order valence-corrected chi connectivity index (χ0v) is 4.31. The third-order valence-electron chi connectivity index (χ3n) is 0.938. The molecule has 36 valence electrons. The molecule has 0 aromatic heterocycles. The third-order valence-corrected chi connectivity index (χ3v) is 0.938. The van der Waals surface area contributed by atoms with E-state index in [1.165, 1.54) is 0 Å². The summed E-state index contributed by atoms with van der Waals surface area (Å²) in [6, 6.07) is 0. The van der Waals surface area contributed by atoms with Gasteiger partial charge in [0.2, 0.25) is 0 Å². The fourth-order valence-corrected chi connectivity index (χ4v) is 0.490. The number of rotatable bonds is 1. The second-order valence-electron chi connectivity index (χ2n) is 1.54. The van der Waals surface area contributed by atoms with Crippen LogP contribution in [0.2, 0.25) is 0 Å². The van der Waals surface area contributed by atoms with E-state index >= 15 is 0 Å². The van der Waals surface area contributed by atoms with Crippen LogP contribution in [-0.2, 0) is 0 Å². The standard InChI is InChI=1S/C6H7N/c1-7-5-6-3-2-4-6/h5-6H,3H2,1H3. The van der Waals surface area contributed by atoms with Crippen LogP contribution in [0.15, 0.2) is 4.99 Å². The van der Waals surface area contributed by atoms with Gasteiger partial charge in [-0.1, -0.05) is 5.92 Å². The molecule has 0 amide bonds. The fraction of sp³-hybridized carbons (Fsp3) is 0.500. The van der Waals surface area contributed by atoms with Crippen LogP contribution in [0, 0.1) is 17.8 Å². The minimum atomic E-state index is 0.477. The number of nitrogens with zero attached hydrogens (tertiary/aromatic N) is 1. The van der Waals surface area contributed by atoms with Crippen molar-refractivity contribution in [2.75, 3.05) is 7.05 Å². The number of hydrogen-bond acceptors (Lipinski definition) is 1. The lowest BCUT2D eigenvalue weighted by Crippen LogP contribution is -2.03. The van der Waals surface area contributed by atoms with Crippen LogP contribution >= 0.6 is 0 Å². The maximum Gasteiger partial charge on any atom is 0.0660 e. The van der Waals surface area contributed by atoms with Gasteiger partial charge in [0.25, 0.3) is 0 Å². The van der Waals surface area contributed by atoms with Crippen molar-refractivity contribution in [1.82, 2.24) is 0 Å². The second kappa shape index (κ2) is 1.79. The molecule has 0 fully saturated rings. The van der Waals surface area contributed by atoms with Gasteiger partial charge in [0.05, 0.1) is 5.92 Å². The molecule has 0 heterocycles. The molecule has 1 unspecified atom stereocenters.